The largest absolute Gasteiger partial charge is 0.387 e. The van der Waals surface area contributed by atoms with Gasteiger partial charge in [-0.3, -0.25) is 9.59 Å². The molecule has 0 aromatic heterocycles. The fraction of sp³-hybridized carbons (Fsp3) is 0.310. The number of carbonyl (C=O) groups excluding carboxylic acids is 2. The van der Waals surface area contributed by atoms with E-state index < -0.39 is 12.0 Å². The number of ketones is 1. The molecule has 4 nitrogen and oxygen atoms in total. The molecule has 0 heterocycles. The topological polar surface area (TPSA) is 57.6 Å². The van der Waals surface area contributed by atoms with Crippen molar-refractivity contribution < 1.29 is 23.5 Å². The summed E-state index contributed by atoms with van der Waals surface area (Å²) in [5.41, 5.74) is 3.42. The minimum absolute atomic E-state index is 0.0788. The van der Waals surface area contributed by atoms with Gasteiger partial charge in [-0.1, -0.05) is 54.1 Å². The number of hydrogen-bond acceptors (Lipinski definition) is 3. The molecule has 7 heteroatoms. The molecule has 1 amide bonds. The predicted molar refractivity (Wildman–Crippen MR) is 137 cm³/mol. The molecule has 1 fully saturated rings. The number of carbonyl (C=O) groups is 2. The fourth-order valence-electron chi connectivity index (χ4n) is 4.13. The van der Waals surface area contributed by atoms with Crippen LogP contribution in [0.4, 0.5) is 14.5 Å². The molecule has 1 N–H and O–H groups in total. The third-order valence-corrected chi connectivity index (χ3v) is 6.87. The van der Waals surface area contributed by atoms with Crippen molar-refractivity contribution in [1.82, 2.24) is 0 Å². The van der Waals surface area contributed by atoms with Crippen molar-refractivity contribution in [1.29, 1.82) is 0 Å². The number of nitrogens with zero attached hydrogens (tertiary/aromatic N) is 1. The van der Waals surface area contributed by atoms with E-state index >= 15 is 0 Å². The van der Waals surface area contributed by atoms with E-state index in [1.165, 1.54) is 29.8 Å². The maximum Gasteiger partial charge on any atom is 0.298 e. The standard InChI is InChI=1S/C29H28ClF2NO3/c1-18(34)29(31,32)24-12-5-20(6-13-24)16-25(35)15-19-3-7-22(8-4-19)28(36)33(2)27-17-23(21-9-10-21)11-14-26(27)30/h3-8,11-14,17-18,21,34H,9-10,15-16H2,1-2H3. The minimum atomic E-state index is -3.35. The highest BCUT2D eigenvalue weighted by Gasteiger charge is 2.37. The van der Waals surface area contributed by atoms with Crippen LogP contribution in [0.25, 0.3) is 0 Å². The Morgan fingerprint density at radius 1 is 1.00 bits per heavy atom. The molecule has 0 saturated heterocycles. The van der Waals surface area contributed by atoms with E-state index in [2.05, 4.69) is 0 Å². The molecule has 1 atom stereocenters. The Balaban J connectivity index is 1.37. The summed E-state index contributed by atoms with van der Waals surface area (Å²) >= 11 is 6.36. The van der Waals surface area contributed by atoms with E-state index in [1.807, 2.05) is 18.2 Å². The lowest BCUT2D eigenvalue weighted by molar-refractivity contribution is -0.117. The van der Waals surface area contributed by atoms with Crippen LogP contribution in [0.15, 0.2) is 66.7 Å². The number of alkyl halides is 2. The molecule has 36 heavy (non-hydrogen) atoms. The average molecular weight is 512 g/mol. The molecule has 4 rings (SSSR count). The Morgan fingerprint density at radius 3 is 2.08 bits per heavy atom. The van der Waals surface area contributed by atoms with Crippen molar-refractivity contribution in [2.24, 2.45) is 0 Å². The molecule has 0 radical (unpaired) electrons. The van der Waals surface area contributed by atoms with Crippen LogP contribution in [0.3, 0.4) is 0 Å². The zero-order valence-corrected chi connectivity index (χ0v) is 20.9. The van der Waals surface area contributed by atoms with E-state index in [9.17, 15) is 23.5 Å². The lowest BCUT2D eigenvalue weighted by Crippen LogP contribution is -2.27. The van der Waals surface area contributed by atoms with Gasteiger partial charge in [0.1, 0.15) is 11.9 Å². The molecule has 0 spiro atoms. The third kappa shape index (κ3) is 5.82. The van der Waals surface area contributed by atoms with Crippen LogP contribution >= 0.6 is 11.6 Å². The Bertz CT molecular complexity index is 1250. The Morgan fingerprint density at radius 2 is 1.56 bits per heavy atom. The van der Waals surface area contributed by atoms with Crippen LogP contribution in [0.2, 0.25) is 5.02 Å². The van der Waals surface area contributed by atoms with Crippen LogP contribution < -0.4 is 4.90 Å². The van der Waals surface area contributed by atoms with Crippen molar-refractivity contribution in [3.63, 3.8) is 0 Å². The van der Waals surface area contributed by atoms with E-state index in [4.69, 9.17) is 11.6 Å². The zero-order chi connectivity index (χ0) is 26.0. The van der Waals surface area contributed by atoms with Gasteiger partial charge in [-0.05, 0) is 66.6 Å². The smallest absolute Gasteiger partial charge is 0.298 e. The predicted octanol–water partition coefficient (Wildman–Crippen LogP) is 6.32. The number of Topliss-reactive ketones (excluding diaryl/α,β-unsaturated/α-hetero) is 1. The molecule has 1 saturated carbocycles. The molecule has 188 valence electrons. The van der Waals surface area contributed by atoms with E-state index in [1.54, 1.807) is 36.2 Å². The number of hydrogen-bond donors (Lipinski definition) is 1. The van der Waals surface area contributed by atoms with E-state index in [0.717, 1.165) is 25.3 Å². The molecule has 0 aliphatic heterocycles. The highest BCUT2D eigenvalue weighted by molar-refractivity contribution is 6.34. The zero-order valence-electron chi connectivity index (χ0n) is 20.2. The van der Waals surface area contributed by atoms with Gasteiger partial charge >= 0.3 is 0 Å². The number of halogens is 3. The van der Waals surface area contributed by atoms with Crippen LogP contribution in [0.1, 0.15) is 58.3 Å². The SMILES string of the molecule is CC(O)C(F)(F)c1ccc(CC(=O)Cc2ccc(C(=O)N(C)c3cc(C4CC4)ccc3Cl)cc2)cc1. The Kier molecular flexibility index (Phi) is 7.57. The molecule has 3 aromatic rings. The van der Waals surface area contributed by atoms with Crippen molar-refractivity contribution in [2.75, 3.05) is 11.9 Å². The summed E-state index contributed by atoms with van der Waals surface area (Å²) in [6.07, 6.45) is 0.765. The molecule has 1 aliphatic rings. The Labute approximate surface area is 214 Å². The number of amides is 1. The molecule has 3 aromatic carbocycles. The summed E-state index contributed by atoms with van der Waals surface area (Å²) in [5.74, 6) is -3.08. The lowest BCUT2D eigenvalue weighted by atomic mass is 9.98. The van der Waals surface area contributed by atoms with Crippen LogP contribution in [-0.4, -0.2) is 29.9 Å². The summed E-state index contributed by atoms with van der Waals surface area (Å²) in [5, 5.41) is 9.78. The van der Waals surface area contributed by atoms with Gasteiger partial charge in [-0.25, -0.2) is 0 Å². The first-order chi connectivity index (χ1) is 17.1. The first kappa shape index (κ1) is 26.0. The van der Waals surface area contributed by atoms with Gasteiger partial charge in [0.25, 0.3) is 11.8 Å². The van der Waals surface area contributed by atoms with Gasteiger partial charge in [0.15, 0.2) is 0 Å². The maximum atomic E-state index is 13.9. The highest BCUT2D eigenvalue weighted by Crippen LogP contribution is 2.42. The molecular formula is C29H28ClF2NO3. The minimum Gasteiger partial charge on any atom is -0.387 e. The molecule has 1 unspecified atom stereocenters. The highest BCUT2D eigenvalue weighted by atomic mass is 35.5. The quantitative estimate of drug-likeness (QED) is 0.365. The van der Waals surface area contributed by atoms with Gasteiger partial charge < -0.3 is 10.0 Å². The van der Waals surface area contributed by atoms with Gasteiger partial charge in [-0.15, -0.1) is 0 Å². The summed E-state index contributed by atoms with van der Waals surface area (Å²) in [4.78, 5) is 27.1. The summed E-state index contributed by atoms with van der Waals surface area (Å²) in [6.45, 7) is 1.04. The molecule has 1 aliphatic carbocycles. The third-order valence-electron chi connectivity index (χ3n) is 6.55. The number of benzene rings is 3. The summed E-state index contributed by atoms with van der Waals surface area (Å²) in [7, 11) is 1.69. The van der Waals surface area contributed by atoms with Gasteiger partial charge in [0.05, 0.1) is 10.7 Å². The Hall–Kier alpha value is -3.09. The molecule has 0 bridgehead atoms. The maximum absolute atomic E-state index is 13.9. The van der Waals surface area contributed by atoms with Crippen molar-refractivity contribution in [3.8, 4) is 0 Å². The van der Waals surface area contributed by atoms with Gasteiger partial charge in [-0.2, -0.15) is 8.78 Å². The van der Waals surface area contributed by atoms with Crippen LogP contribution in [0.5, 0.6) is 0 Å². The summed E-state index contributed by atoms with van der Waals surface area (Å²) in [6, 6.07) is 18.1. The van der Waals surface area contributed by atoms with Crippen LogP contribution in [-0.2, 0) is 23.6 Å². The number of aliphatic hydroxyl groups excluding tert-OH is 1. The van der Waals surface area contributed by atoms with Gasteiger partial charge in [0.2, 0.25) is 0 Å². The monoisotopic (exact) mass is 511 g/mol. The van der Waals surface area contributed by atoms with E-state index in [-0.39, 0.29) is 30.1 Å². The first-order valence-corrected chi connectivity index (χ1v) is 12.3. The van der Waals surface area contributed by atoms with E-state index in [0.29, 0.717) is 27.8 Å². The average Bonchev–Trinajstić information content (AvgIpc) is 3.70. The second-order valence-corrected chi connectivity index (χ2v) is 9.84. The first-order valence-electron chi connectivity index (χ1n) is 11.9. The second-order valence-electron chi connectivity index (χ2n) is 9.43. The fourth-order valence-corrected chi connectivity index (χ4v) is 4.37. The summed E-state index contributed by atoms with van der Waals surface area (Å²) < 4.78 is 27.8. The molecular weight excluding hydrogens is 484 g/mol. The van der Waals surface area contributed by atoms with Crippen molar-refractivity contribution in [2.45, 2.75) is 50.6 Å². The van der Waals surface area contributed by atoms with Gasteiger partial charge in [0, 0.05) is 31.0 Å². The number of aliphatic hydroxyl groups is 1. The number of anilines is 1. The van der Waals surface area contributed by atoms with Crippen LogP contribution in [0, 0.1) is 0 Å². The van der Waals surface area contributed by atoms with Crippen molar-refractivity contribution >= 4 is 29.0 Å². The number of rotatable bonds is 9. The normalized spacial score (nSPS) is 14.4. The second kappa shape index (κ2) is 10.5. The lowest BCUT2D eigenvalue weighted by Gasteiger charge is -2.20. The van der Waals surface area contributed by atoms with Crippen molar-refractivity contribution in [3.05, 3.63) is 99.6 Å².